The average molecular weight is 168 g/mol. The molecule has 12 heavy (non-hydrogen) atoms. The highest BCUT2D eigenvalue weighted by Crippen LogP contribution is 1.99. The first-order valence-corrected chi connectivity index (χ1v) is 4.06. The summed E-state index contributed by atoms with van der Waals surface area (Å²) < 4.78 is 4.80. The van der Waals surface area contributed by atoms with Crippen molar-refractivity contribution in [2.45, 2.75) is 27.7 Å². The summed E-state index contributed by atoms with van der Waals surface area (Å²) >= 11 is 0. The summed E-state index contributed by atoms with van der Waals surface area (Å²) in [6, 6.07) is 0. The Morgan fingerprint density at radius 1 is 1.25 bits per heavy atom. The molecular formula is C10H16O2. The van der Waals surface area contributed by atoms with Gasteiger partial charge >= 0.3 is 5.97 Å². The van der Waals surface area contributed by atoms with Crippen LogP contribution in [0.5, 0.6) is 0 Å². The molecule has 0 saturated heterocycles. The van der Waals surface area contributed by atoms with Gasteiger partial charge in [-0.1, -0.05) is 17.7 Å². The zero-order chi connectivity index (χ0) is 9.56. The molecule has 2 heteroatoms. The lowest BCUT2D eigenvalue weighted by Gasteiger charge is -1.99. The Balaban J connectivity index is 4.18. The minimum atomic E-state index is -0.241. The van der Waals surface area contributed by atoms with E-state index in [2.05, 4.69) is 0 Å². The van der Waals surface area contributed by atoms with Crippen LogP contribution in [0.2, 0.25) is 0 Å². The lowest BCUT2D eigenvalue weighted by molar-refractivity contribution is -0.138. The lowest BCUT2D eigenvalue weighted by atomic mass is 10.2. The molecule has 0 aromatic heterocycles. The van der Waals surface area contributed by atoms with Crippen molar-refractivity contribution in [3.63, 3.8) is 0 Å². The molecule has 0 heterocycles. The SMILES string of the molecule is CCOC(=O)/C(C)=C/C=C(C)C. The molecule has 0 atom stereocenters. The molecular weight excluding hydrogens is 152 g/mol. The van der Waals surface area contributed by atoms with E-state index >= 15 is 0 Å². The molecule has 0 aliphatic rings. The Labute approximate surface area is 73.9 Å². The third-order valence-corrected chi connectivity index (χ3v) is 1.26. The Hall–Kier alpha value is -1.05. The molecule has 2 nitrogen and oxygen atoms in total. The summed E-state index contributed by atoms with van der Waals surface area (Å²) in [7, 11) is 0. The molecule has 0 N–H and O–H groups in total. The van der Waals surface area contributed by atoms with E-state index in [-0.39, 0.29) is 5.97 Å². The molecule has 0 saturated carbocycles. The molecule has 0 spiro atoms. The number of carbonyl (C=O) groups excluding carboxylic acids is 1. The van der Waals surface area contributed by atoms with Gasteiger partial charge in [0, 0.05) is 5.57 Å². The van der Waals surface area contributed by atoms with E-state index in [1.807, 2.05) is 19.9 Å². The fraction of sp³-hybridized carbons (Fsp3) is 0.500. The third-order valence-electron chi connectivity index (χ3n) is 1.26. The molecule has 0 bridgehead atoms. The van der Waals surface area contributed by atoms with E-state index in [4.69, 9.17) is 4.74 Å². The molecule has 0 aromatic carbocycles. The minimum Gasteiger partial charge on any atom is -0.463 e. The molecule has 0 rings (SSSR count). The number of hydrogen-bond donors (Lipinski definition) is 0. The maximum absolute atomic E-state index is 11.0. The van der Waals surface area contributed by atoms with Gasteiger partial charge < -0.3 is 4.74 Å². The highest BCUT2D eigenvalue weighted by atomic mass is 16.5. The average Bonchev–Trinajstić information content (AvgIpc) is 2.00. The van der Waals surface area contributed by atoms with Crippen LogP contribution in [0.3, 0.4) is 0 Å². The molecule has 0 aliphatic heterocycles. The third kappa shape index (κ3) is 4.72. The number of hydrogen-bond acceptors (Lipinski definition) is 2. The predicted octanol–water partition coefficient (Wildman–Crippen LogP) is 2.46. The van der Waals surface area contributed by atoms with Crippen LogP contribution in [0.4, 0.5) is 0 Å². The van der Waals surface area contributed by atoms with Gasteiger partial charge in [-0.05, 0) is 27.7 Å². The van der Waals surface area contributed by atoms with Crippen molar-refractivity contribution in [2.75, 3.05) is 6.61 Å². The minimum absolute atomic E-state index is 0.241. The number of carbonyl (C=O) groups is 1. The van der Waals surface area contributed by atoms with Crippen LogP contribution in [0, 0.1) is 0 Å². The normalized spacial score (nSPS) is 10.8. The largest absolute Gasteiger partial charge is 0.463 e. The van der Waals surface area contributed by atoms with E-state index in [9.17, 15) is 4.79 Å². The van der Waals surface area contributed by atoms with Gasteiger partial charge in [-0.3, -0.25) is 0 Å². The fourth-order valence-electron chi connectivity index (χ4n) is 0.605. The second-order valence-corrected chi connectivity index (χ2v) is 2.81. The zero-order valence-corrected chi connectivity index (χ0v) is 8.18. The van der Waals surface area contributed by atoms with Gasteiger partial charge in [0.15, 0.2) is 0 Å². The van der Waals surface area contributed by atoms with Crippen molar-refractivity contribution in [1.29, 1.82) is 0 Å². The first kappa shape index (κ1) is 11.0. The zero-order valence-electron chi connectivity index (χ0n) is 8.18. The number of esters is 1. The molecule has 0 aromatic rings. The summed E-state index contributed by atoms with van der Waals surface area (Å²) in [6.07, 6.45) is 3.67. The lowest BCUT2D eigenvalue weighted by Crippen LogP contribution is -2.04. The predicted molar refractivity (Wildman–Crippen MR) is 49.8 cm³/mol. The molecule has 0 amide bonds. The van der Waals surface area contributed by atoms with Crippen molar-refractivity contribution in [3.05, 3.63) is 23.3 Å². The van der Waals surface area contributed by atoms with E-state index in [0.717, 1.165) is 0 Å². The number of rotatable bonds is 3. The topological polar surface area (TPSA) is 26.3 Å². The van der Waals surface area contributed by atoms with Gasteiger partial charge in [-0.15, -0.1) is 0 Å². The highest BCUT2D eigenvalue weighted by molar-refractivity contribution is 5.88. The molecule has 0 radical (unpaired) electrons. The van der Waals surface area contributed by atoms with Gasteiger partial charge in [0.1, 0.15) is 0 Å². The van der Waals surface area contributed by atoms with Crippen LogP contribution in [-0.4, -0.2) is 12.6 Å². The smallest absolute Gasteiger partial charge is 0.333 e. The van der Waals surface area contributed by atoms with E-state index < -0.39 is 0 Å². The van der Waals surface area contributed by atoms with Gasteiger partial charge in [0.25, 0.3) is 0 Å². The maximum atomic E-state index is 11.0. The quantitative estimate of drug-likeness (QED) is 0.367. The molecule has 0 unspecified atom stereocenters. The summed E-state index contributed by atoms with van der Waals surface area (Å²) in [5, 5.41) is 0. The molecule has 0 fully saturated rings. The van der Waals surface area contributed by atoms with Crippen molar-refractivity contribution in [3.8, 4) is 0 Å². The van der Waals surface area contributed by atoms with Crippen molar-refractivity contribution < 1.29 is 9.53 Å². The van der Waals surface area contributed by atoms with E-state index in [1.54, 1.807) is 19.9 Å². The second kappa shape index (κ2) is 5.58. The van der Waals surface area contributed by atoms with Crippen molar-refractivity contribution >= 4 is 5.97 Å². The Morgan fingerprint density at radius 3 is 2.25 bits per heavy atom. The Kier molecular flexibility index (Phi) is 5.09. The standard InChI is InChI=1S/C10H16O2/c1-5-12-10(11)9(4)7-6-8(2)3/h6-7H,5H2,1-4H3/b9-7+. The Bertz CT molecular complexity index is 208. The van der Waals surface area contributed by atoms with Crippen molar-refractivity contribution in [2.24, 2.45) is 0 Å². The van der Waals surface area contributed by atoms with Gasteiger partial charge in [-0.2, -0.15) is 0 Å². The van der Waals surface area contributed by atoms with E-state index in [0.29, 0.717) is 12.2 Å². The van der Waals surface area contributed by atoms with Crippen LogP contribution in [0.15, 0.2) is 23.3 Å². The van der Waals surface area contributed by atoms with Gasteiger partial charge in [-0.25, -0.2) is 4.79 Å². The molecule has 0 aliphatic carbocycles. The van der Waals surface area contributed by atoms with E-state index in [1.165, 1.54) is 5.57 Å². The van der Waals surface area contributed by atoms with Crippen LogP contribution >= 0.6 is 0 Å². The first-order valence-electron chi connectivity index (χ1n) is 4.06. The second-order valence-electron chi connectivity index (χ2n) is 2.81. The fourth-order valence-corrected chi connectivity index (χ4v) is 0.605. The summed E-state index contributed by atoms with van der Waals surface area (Å²) in [5.41, 5.74) is 1.80. The number of allylic oxidation sites excluding steroid dienone is 3. The van der Waals surface area contributed by atoms with Gasteiger partial charge in [0.05, 0.1) is 6.61 Å². The highest BCUT2D eigenvalue weighted by Gasteiger charge is 2.01. The maximum Gasteiger partial charge on any atom is 0.333 e. The van der Waals surface area contributed by atoms with Crippen LogP contribution in [0.1, 0.15) is 27.7 Å². The number of ether oxygens (including phenoxy) is 1. The van der Waals surface area contributed by atoms with Crippen LogP contribution in [0.25, 0.3) is 0 Å². The molecule has 68 valence electrons. The summed E-state index contributed by atoms with van der Waals surface area (Å²) in [4.78, 5) is 11.0. The van der Waals surface area contributed by atoms with Crippen molar-refractivity contribution in [1.82, 2.24) is 0 Å². The van der Waals surface area contributed by atoms with Gasteiger partial charge in [0.2, 0.25) is 0 Å². The van der Waals surface area contributed by atoms with Crippen LogP contribution < -0.4 is 0 Å². The first-order chi connectivity index (χ1) is 5.57. The summed E-state index contributed by atoms with van der Waals surface area (Å²) in [5.74, 6) is -0.241. The Morgan fingerprint density at radius 2 is 1.83 bits per heavy atom. The monoisotopic (exact) mass is 168 g/mol. The summed E-state index contributed by atoms with van der Waals surface area (Å²) in [6.45, 7) is 7.94. The van der Waals surface area contributed by atoms with Crippen LogP contribution in [-0.2, 0) is 9.53 Å².